The van der Waals surface area contributed by atoms with Crippen LogP contribution >= 0.6 is 23.2 Å². The Morgan fingerprint density at radius 2 is 2.08 bits per heavy atom. The van der Waals surface area contributed by atoms with Gasteiger partial charge in [0, 0.05) is 23.5 Å². The van der Waals surface area contributed by atoms with Crippen molar-refractivity contribution >= 4 is 23.2 Å². The van der Waals surface area contributed by atoms with E-state index >= 15 is 0 Å². The van der Waals surface area contributed by atoms with Crippen LogP contribution in [-0.2, 0) is 0 Å². The first-order valence-corrected chi connectivity index (χ1v) is 5.06. The van der Waals surface area contributed by atoms with Crippen molar-refractivity contribution in [2.24, 2.45) is 0 Å². The molecule has 0 bridgehead atoms. The summed E-state index contributed by atoms with van der Waals surface area (Å²) in [6.45, 7) is 6.97. The summed E-state index contributed by atoms with van der Waals surface area (Å²) in [4.78, 5) is 0. The van der Waals surface area contributed by atoms with Crippen LogP contribution in [0.15, 0.2) is 11.1 Å². The van der Waals surface area contributed by atoms with Crippen molar-refractivity contribution in [3.05, 3.63) is 11.1 Å². The Bertz CT molecular complexity index is 143. The van der Waals surface area contributed by atoms with E-state index < -0.39 is 0 Å². The molecule has 2 unspecified atom stereocenters. The van der Waals surface area contributed by atoms with Crippen LogP contribution < -0.4 is 5.32 Å². The Morgan fingerprint density at radius 1 is 1.50 bits per heavy atom. The summed E-state index contributed by atoms with van der Waals surface area (Å²) in [6.07, 6.45) is 0.983. The predicted molar refractivity (Wildman–Crippen MR) is 57.0 cm³/mol. The number of hydrogen-bond acceptors (Lipinski definition) is 1. The zero-order valence-electron chi connectivity index (χ0n) is 7.90. The number of halogens is 2. The molecule has 72 valence electrons. The van der Waals surface area contributed by atoms with Crippen LogP contribution in [0.3, 0.4) is 0 Å². The third-order valence-corrected chi connectivity index (χ3v) is 2.14. The number of nitrogens with one attached hydrogen (secondary N) is 1. The molecule has 0 heterocycles. The fourth-order valence-corrected chi connectivity index (χ4v) is 1.29. The minimum atomic E-state index is 0.229. The van der Waals surface area contributed by atoms with Crippen LogP contribution in [0.25, 0.3) is 0 Å². The lowest BCUT2D eigenvalue weighted by molar-refractivity contribution is 0.533. The van der Waals surface area contributed by atoms with Gasteiger partial charge in [0.15, 0.2) is 0 Å². The first kappa shape index (κ1) is 12.3. The molecular weight excluding hydrogens is 193 g/mol. The molecular formula is C9H17Cl2N. The molecule has 1 N–H and O–H groups in total. The molecule has 0 aliphatic rings. The molecule has 1 nitrogen and oxygen atoms in total. The lowest BCUT2D eigenvalue weighted by Gasteiger charge is -2.14. The summed E-state index contributed by atoms with van der Waals surface area (Å²) in [5, 5.41) is 3.56. The Kier molecular flexibility index (Phi) is 6.92. The molecule has 0 amide bonds. The monoisotopic (exact) mass is 209 g/mol. The van der Waals surface area contributed by atoms with Gasteiger partial charge in [-0.1, -0.05) is 11.6 Å². The van der Waals surface area contributed by atoms with E-state index in [2.05, 4.69) is 12.2 Å². The molecule has 0 aromatic carbocycles. The summed E-state index contributed by atoms with van der Waals surface area (Å²) in [6, 6.07) is 0.448. The van der Waals surface area contributed by atoms with Crippen molar-refractivity contribution in [3.63, 3.8) is 0 Å². The van der Waals surface area contributed by atoms with Gasteiger partial charge in [-0.05, 0) is 32.8 Å². The Balaban J connectivity index is 3.50. The number of alkyl halides is 1. The highest BCUT2D eigenvalue weighted by atomic mass is 35.5. The Hall–Kier alpha value is 0.280. The summed E-state index contributed by atoms with van der Waals surface area (Å²) >= 11 is 11.4. The molecule has 0 radical (unpaired) electrons. The van der Waals surface area contributed by atoms with E-state index in [0.717, 1.165) is 18.5 Å². The van der Waals surface area contributed by atoms with Crippen LogP contribution in [0.1, 0.15) is 27.2 Å². The van der Waals surface area contributed by atoms with Crippen molar-refractivity contribution in [2.75, 3.05) is 6.54 Å². The SMILES string of the molecule is CC(=CCl)CNC(C)CC(C)Cl. The highest BCUT2D eigenvalue weighted by Crippen LogP contribution is 2.04. The molecule has 0 saturated carbocycles. The third kappa shape index (κ3) is 6.96. The molecule has 0 saturated heterocycles. The second-order valence-corrected chi connectivity index (χ2v) is 4.22. The van der Waals surface area contributed by atoms with E-state index in [1.54, 1.807) is 5.54 Å². The van der Waals surface area contributed by atoms with Gasteiger partial charge in [-0.3, -0.25) is 0 Å². The highest BCUT2D eigenvalue weighted by molar-refractivity contribution is 6.25. The van der Waals surface area contributed by atoms with Crippen LogP contribution in [-0.4, -0.2) is 18.0 Å². The lowest BCUT2D eigenvalue weighted by atomic mass is 10.2. The van der Waals surface area contributed by atoms with Crippen LogP contribution in [0.2, 0.25) is 0 Å². The normalized spacial score (nSPS) is 17.6. The van der Waals surface area contributed by atoms with Crippen molar-refractivity contribution in [3.8, 4) is 0 Å². The minimum absolute atomic E-state index is 0.229. The molecule has 0 aromatic heterocycles. The smallest absolute Gasteiger partial charge is 0.0322 e. The maximum atomic E-state index is 5.84. The quantitative estimate of drug-likeness (QED) is 0.687. The average Bonchev–Trinajstić information content (AvgIpc) is 1.99. The van der Waals surface area contributed by atoms with Crippen molar-refractivity contribution in [1.82, 2.24) is 5.32 Å². The summed E-state index contributed by atoms with van der Waals surface area (Å²) < 4.78 is 0. The predicted octanol–water partition coefficient (Wildman–Crippen LogP) is 3.12. The molecule has 3 heteroatoms. The zero-order chi connectivity index (χ0) is 9.56. The van der Waals surface area contributed by atoms with E-state index in [1.165, 1.54) is 0 Å². The van der Waals surface area contributed by atoms with Crippen molar-refractivity contribution in [2.45, 2.75) is 38.6 Å². The van der Waals surface area contributed by atoms with E-state index in [4.69, 9.17) is 23.2 Å². The molecule has 12 heavy (non-hydrogen) atoms. The highest BCUT2D eigenvalue weighted by Gasteiger charge is 2.04. The third-order valence-electron chi connectivity index (χ3n) is 1.59. The zero-order valence-corrected chi connectivity index (χ0v) is 9.41. The van der Waals surface area contributed by atoms with E-state index in [-0.39, 0.29) is 5.38 Å². The van der Waals surface area contributed by atoms with E-state index in [0.29, 0.717) is 6.04 Å². The Labute approximate surface area is 85.1 Å². The van der Waals surface area contributed by atoms with Gasteiger partial charge < -0.3 is 5.32 Å². The Morgan fingerprint density at radius 3 is 2.50 bits per heavy atom. The number of hydrogen-bond donors (Lipinski definition) is 1. The number of rotatable bonds is 5. The van der Waals surface area contributed by atoms with Crippen LogP contribution in [0.5, 0.6) is 0 Å². The van der Waals surface area contributed by atoms with Crippen molar-refractivity contribution in [1.29, 1.82) is 0 Å². The molecule has 0 aliphatic heterocycles. The molecule has 0 rings (SSSR count). The fourth-order valence-electron chi connectivity index (χ4n) is 0.944. The standard InChI is InChI=1S/C9H17Cl2N/c1-7(5-10)6-12-9(3)4-8(2)11/h5,8-9,12H,4,6H2,1-3H3. The molecule has 0 aliphatic carbocycles. The van der Waals surface area contributed by atoms with E-state index in [9.17, 15) is 0 Å². The first-order valence-electron chi connectivity index (χ1n) is 4.19. The maximum absolute atomic E-state index is 5.84. The minimum Gasteiger partial charge on any atom is -0.310 e. The largest absolute Gasteiger partial charge is 0.310 e. The summed E-state index contributed by atoms with van der Waals surface area (Å²) in [5.41, 5.74) is 2.75. The van der Waals surface area contributed by atoms with Gasteiger partial charge in [-0.25, -0.2) is 0 Å². The summed E-state index contributed by atoms with van der Waals surface area (Å²) in [7, 11) is 0. The second kappa shape index (κ2) is 6.76. The van der Waals surface area contributed by atoms with Gasteiger partial charge in [0.05, 0.1) is 0 Å². The van der Waals surface area contributed by atoms with Gasteiger partial charge in [0.25, 0.3) is 0 Å². The van der Waals surface area contributed by atoms with Crippen LogP contribution in [0, 0.1) is 0 Å². The fraction of sp³-hybridized carbons (Fsp3) is 0.778. The lowest BCUT2D eigenvalue weighted by Crippen LogP contribution is -2.29. The topological polar surface area (TPSA) is 12.0 Å². The molecule has 0 aromatic rings. The van der Waals surface area contributed by atoms with Crippen LogP contribution in [0.4, 0.5) is 0 Å². The molecule has 2 atom stereocenters. The summed E-state index contributed by atoms with van der Waals surface area (Å²) in [5.74, 6) is 0. The maximum Gasteiger partial charge on any atom is 0.0322 e. The second-order valence-electron chi connectivity index (χ2n) is 3.25. The molecule has 0 spiro atoms. The van der Waals surface area contributed by atoms with Gasteiger partial charge in [-0.2, -0.15) is 0 Å². The van der Waals surface area contributed by atoms with E-state index in [1.807, 2.05) is 13.8 Å². The van der Waals surface area contributed by atoms with Gasteiger partial charge in [0.1, 0.15) is 0 Å². The average molecular weight is 210 g/mol. The molecule has 0 fully saturated rings. The van der Waals surface area contributed by atoms with Gasteiger partial charge in [-0.15, -0.1) is 11.6 Å². The van der Waals surface area contributed by atoms with Crippen molar-refractivity contribution < 1.29 is 0 Å². The van der Waals surface area contributed by atoms with Gasteiger partial charge in [0.2, 0.25) is 0 Å². The first-order chi connectivity index (χ1) is 5.56. The van der Waals surface area contributed by atoms with Gasteiger partial charge >= 0.3 is 0 Å².